The zero-order valence-electron chi connectivity index (χ0n) is 29.6. The molecule has 0 aromatic carbocycles. The van der Waals surface area contributed by atoms with Gasteiger partial charge in [0, 0.05) is 52.1 Å². The van der Waals surface area contributed by atoms with Gasteiger partial charge >= 0.3 is 5.97 Å². The van der Waals surface area contributed by atoms with Gasteiger partial charge in [-0.05, 0) is 33.2 Å². The Hall–Kier alpha value is -0.776. The molecule has 7 N–H and O–H groups in total. The van der Waals surface area contributed by atoms with E-state index in [1.165, 1.54) is 84.0 Å². The van der Waals surface area contributed by atoms with Gasteiger partial charge in [0.05, 0.1) is 0 Å². The topological polar surface area (TPSA) is 183 Å². The fourth-order valence-corrected chi connectivity index (χ4v) is 3.91. The summed E-state index contributed by atoms with van der Waals surface area (Å²) in [5.74, 6) is 2.22. The van der Waals surface area contributed by atoms with Crippen molar-refractivity contribution in [2.75, 3.05) is 13.6 Å². The van der Waals surface area contributed by atoms with Crippen LogP contribution in [-0.4, -0.2) is 59.9 Å². The number of nitrogens with two attached hydrogens (primary N) is 1. The zero-order valence-corrected chi connectivity index (χ0v) is 32.4. The second-order valence-electron chi connectivity index (χ2n) is 9.93. The molecule has 263 valence electrons. The van der Waals surface area contributed by atoms with Crippen molar-refractivity contribution in [2.24, 2.45) is 5.90 Å². The Morgan fingerprint density at radius 2 is 1.20 bits per heavy atom. The molecule has 0 aromatic heterocycles. The number of carbonyl (C=O) groups excluding carboxylic acids is 3. The molecule has 0 rings (SSSR count). The van der Waals surface area contributed by atoms with Crippen LogP contribution in [0.25, 0.3) is 5.73 Å². The van der Waals surface area contributed by atoms with E-state index in [9.17, 15) is 19.2 Å². The first-order valence-electron chi connectivity index (χ1n) is 16.9. The molecule has 11 heteroatoms. The van der Waals surface area contributed by atoms with Crippen molar-refractivity contribution in [3.8, 4) is 0 Å². The van der Waals surface area contributed by atoms with Crippen molar-refractivity contribution in [2.45, 2.75) is 176 Å². The van der Waals surface area contributed by atoms with Crippen LogP contribution >= 0.6 is 0 Å². The van der Waals surface area contributed by atoms with E-state index in [-0.39, 0.29) is 57.2 Å². The average Bonchev–Trinajstić information content (AvgIpc) is 3.02. The van der Waals surface area contributed by atoms with Gasteiger partial charge < -0.3 is 36.3 Å². The fourth-order valence-electron chi connectivity index (χ4n) is 3.91. The van der Waals surface area contributed by atoms with Gasteiger partial charge in [-0.1, -0.05) is 131 Å². The number of hydrogen-bond donors (Lipinski definition) is 5. The molecule has 0 saturated heterocycles. The molecule has 0 aliphatic carbocycles. The van der Waals surface area contributed by atoms with Gasteiger partial charge in [0.15, 0.2) is 0 Å². The predicted octanol–water partition coefficient (Wildman–Crippen LogP) is 7.79. The summed E-state index contributed by atoms with van der Waals surface area (Å²) >= 11 is 0. The summed E-state index contributed by atoms with van der Waals surface area (Å²) in [5, 5.41) is 20.6. The van der Waals surface area contributed by atoms with Crippen molar-refractivity contribution >= 4 is 23.9 Å². The van der Waals surface area contributed by atoms with Gasteiger partial charge in [-0.15, -0.1) is 0 Å². The molecule has 1 radical (unpaired) electrons. The molecule has 0 aliphatic heterocycles. The van der Waals surface area contributed by atoms with Crippen molar-refractivity contribution in [3.63, 3.8) is 0 Å². The van der Waals surface area contributed by atoms with E-state index in [2.05, 4.69) is 23.5 Å². The molecule has 2 atom stereocenters. The van der Waals surface area contributed by atoms with Crippen LogP contribution in [0.2, 0.25) is 0 Å². The maximum atomic E-state index is 11.5. The molecular weight excluding hydrogens is 637 g/mol. The van der Waals surface area contributed by atoms with Gasteiger partial charge in [0.1, 0.15) is 18.1 Å². The third-order valence-corrected chi connectivity index (χ3v) is 6.46. The molecule has 1 unspecified atom stereocenters. The van der Waals surface area contributed by atoms with E-state index < -0.39 is 18.1 Å². The number of amides is 1. The molecule has 0 heterocycles. The Morgan fingerprint density at radius 1 is 0.773 bits per heavy atom. The molecule has 0 aromatic rings. The summed E-state index contributed by atoms with van der Waals surface area (Å²) in [6, 6.07) is -1.38. The summed E-state index contributed by atoms with van der Waals surface area (Å²) in [6.07, 6.45) is 22.0. The predicted molar refractivity (Wildman–Crippen MR) is 180 cm³/mol. The minimum atomic E-state index is -0.967. The monoisotopic (exact) mass is 708 g/mol. The average molecular weight is 709 g/mol. The van der Waals surface area contributed by atoms with E-state index in [0.717, 1.165) is 19.1 Å². The standard InChI is InChI=1S/C16H32O.C13H24N3O4.2C2H6.H3NO.Y/c1-2-3-4-5-6-7-8-9-10-11-12-13-14-15-16-17;1-9(17)10(14)5-3-4-8-16-12(18)7-6-11(15-2)13(19)20;3*1-2;/h16H,2-15H2,1H3;10-11,14-15H,3-8H2,1-2H3,(H,16,18)(H,19,20);2*1-2H3;2H,1H2;/q;-1;;;;/t;10?,11-;;;;/m.0..../s1. The smallest absolute Gasteiger partial charge is 0.320 e. The molecule has 0 bridgehead atoms. The zero-order chi connectivity index (χ0) is 34.2. The third-order valence-electron chi connectivity index (χ3n) is 6.46. The van der Waals surface area contributed by atoms with Crippen molar-refractivity contribution in [3.05, 3.63) is 5.73 Å². The summed E-state index contributed by atoms with van der Waals surface area (Å²) in [5.41, 5.74) is 7.42. The number of rotatable bonds is 25. The van der Waals surface area contributed by atoms with Crippen LogP contribution in [0.1, 0.15) is 164 Å². The molecule has 0 aliphatic rings. The number of unbranched alkanes of at least 4 members (excludes halogenated alkanes) is 14. The minimum absolute atomic E-state index is 0. The minimum Gasteiger partial charge on any atom is -0.668 e. The first-order valence-corrected chi connectivity index (χ1v) is 16.9. The number of carbonyl (C=O) groups is 4. The Morgan fingerprint density at radius 3 is 1.57 bits per heavy atom. The Labute approximate surface area is 296 Å². The number of likely N-dealkylation sites (N-methyl/N-ethyl adjacent to an activating group) is 1. The number of Topliss-reactive ketones (excluding diaryl/α,β-unsaturated/α-hetero) is 1. The first kappa shape index (κ1) is 55.6. The van der Waals surface area contributed by atoms with Gasteiger partial charge in [0.25, 0.3) is 0 Å². The third kappa shape index (κ3) is 50.8. The quantitative estimate of drug-likeness (QED) is 0.0362. The summed E-state index contributed by atoms with van der Waals surface area (Å²) in [4.78, 5) is 43.1. The largest absolute Gasteiger partial charge is 0.668 e. The van der Waals surface area contributed by atoms with E-state index in [0.29, 0.717) is 25.8 Å². The van der Waals surface area contributed by atoms with Gasteiger partial charge in [-0.25, -0.2) is 5.90 Å². The summed E-state index contributed by atoms with van der Waals surface area (Å²) < 4.78 is 0. The number of nitrogens with one attached hydrogen (secondary N) is 3. The second-order valence-corrected chi connectivity index (χ2v) is 9.93. The second kappa shape index (κ2) is 51.8. The van der Waals surface area contributed by atoms with Crippen LogP contribution in [0.5, 0.6) is 0 Å². The number of carboxylic acids is 1. The fraction of sp³-hybridized carbons (Fsp3) is 0.879. The normalized spacial score (nSPS) is 10.7. The van der Waals surface area contributed by atoms with Gasteiger partial charge in [-0.3, -0.25) is 9.59 Å². The van der Waals surface area contributed by atoms with Gasteiger partial charge in [0.2, 0.25) is 5.91 Å². The SMILES string of the molecule is CC.CC.CCCCCCCCCCCCCCCC=O.CN[C@@H](CCC(=O)NCCCCC([NH-])C(C)=O)C(=O)O.NO.[Y]. The van der Waals surface area contributed by atoms with E-state index in [1.54, 1.807) is 7.05 Å². The van der Waals surface area contributed by atoms with Crippen molar-refractivity contribution < 1.29 is 62.2 Å². The molecule has 0 saturated carbocycles. The number of aliphatic carboxylic acids is 1. The number of hydrogen-bond acceptors (Lipinski definition) is 7. The van der Waals surface area contributed by atoms with Crippen LogP contribution in [0.15, 0.2) is 0 Å². The van der Waals surface area contributed by atoms with Gasteiger partial charge in [-0.2, -0.15) is 0 Å². The van der Waals surface area contributed by atoms with E-state index >= 15 is 0 Å². The van der Waals surface area contributed by atoms with Crippen LogP contribution < -0.4 is 16.5 Å². The maximum absolute atomic E-state index is 11.5. The Kier molecular flexibility index (Phi) is 65.5. The maximum Gasteiger partial charge on any atom is 0.320 e. The number of aldehydes is 1. The first-order chi connectivity index (χ1) is 20.8. The van der Waals surface area contributed by atoms with E-state index in [4.69, 9.17) is 16.0 Å². The summed E-state index contributed by atoms with van der Waals surface area (Å²) in [6.45, 7) is 12.2. The van der Waals surface area contributed by atoms with Crippen molar-refractivity contribution in [1.29, 1.82) is 0 Å². The molecule has 0 spiro atoms. The van der Waals surface area contributed by atoms with Crippen LogP contribution in [0, 0.1) is 0 Å². The molecule has 0 fully saturated rings. The van der Waals surface area contributed by atoms with Crippen LogP contribution in [0.4, 0.5) is 0 Å². The van der Waals surface area contributed by atoms with Crippen LogP contribution in [0.3, 0.4) is 0 Å². The Balaban J connectivity index is -0.000000138. The van der Waals surface area contributed by atoms with Crippen molar-refractivity contribution in [1.82, 2.24) is 10.6 Å². The number of ketones is 1. The molecule has 1 amide bonds. The molecule has 10 nitrogen and oxygen atoms in total. The van der Waals surface area contributed by atoms with E-state index in [1.807, 2.05) is 27.7 Å². The van der Waals surface area contributed by atoms with Crippen LogP contribution in [-0.2, 0) is 51.9 Å². The summed E-state index contributed by atoms with van der Waals surface area (Å²) in [7, 11) is 1.54. The molecular formula is C33H71N4O6Y-. The Bertz CT molecular complexity index is 586. The molecule has 44 heavy (non-hydrogen) atoms. The number of carboxylic acid groups (broad SMARTS) is 1.